The Labute approximate surface area is 157 Å². The van der Waals surface area contributed by atoms with Crippen LogP contribution in [0.3, 0.4) is 0 Å². The fraction of sp³-hybridized carbons (Fsp3) is 0.650. The Bertz CT molecular complexity index is 520. The smallest absolute Gasteiger partial charge is 0.224 e. The molecule has 0 aliphatic rings. The predicted octanol–water partition coefficient (Wildman–Crippen LogP) is 6.22. The highest BCUT2D eigenvalue weighted by atomic mass is 35.5. The topological polar surface area (TPSA) is 47.6 Å². The number of rotatable bonds is 13. The number of benzene rings is 1. The average molecular weight is 370 g/mol. The third kappa shape index (κ3) is 8.48. The highest BCUT2D eigenvalue weighted by molar-refractivity contribution is 6.32. The number of carbonyl (C=O) groups is 1. The minimum absolute atomic E-state index is 0.0116. The molecule has 0 aromatic heterocycles. The van der Waals surface area contributed by atoms with Crippen molar-refractivity contribution in [2.24, 2.45) is 0 Å². The van der Waals surface area contributed by atoms with Crippen LogP contribution in [0.2, 0.25) is 5.02 Å². The normalized spacial score (nSPS) is 10.6. The van der Waals surface area contributed by atoms with Crippen LogP contribution >= 0.6 is 11.6 Å². The van der Waals surface area contributed by atoms with E-state index in [2.05, 4.69) is 12.2 Å². The van der Waals surface area contributed by atoms with E-state index < -0.39 is 0 Å². The minimum Gasteiger partial charge on any atom is -0.495 e. The lowest BCUT2D eigenvalue weighted by molar-refractivity contribution is -0.116. The summed E-state index contributed by atoms with van der Waals surface area (Å²) in [5, 5.41) is 3.32. The van der Waals surface area contributed by atoms with Crippen LogP contribution in [0.1, 0.15) is 71.1 Å². The van der Waals surface area contributed by atoms with Crippen LogP contribution in [0.25, 0.3) is 0 Å². The summed E-state index contributed by atoms with van der Waals surface area (Å²) in [7, 11) is 3.10. The number of anilines is 1. The molecule has 0 heterocycles. The van der Waals surface area contributed by atoms with Crippen LogP contribution in [0.5, 0.6) is 11.5 Å². The second kappa shape index (κ2) is 12.9. The van der Waals surface area contributed by atoms with Crippen molar-refractivity contribution in [3.8, 4) is 11.5 Å². The Morgan fingerprint density at radius 2 is 1.48 bits per heavy atom. The molecule has 0 unspecified atom stereocenters. The molecule has 142 valence electrons. The van der Waals surface area contributed by atoms with Gasteiger partial charge in [0, 0.05) is 12.5 Å². The third-order valence-electron chi connectivity index (χ3n) is 4.26. The van der Waals surface area contributed by atoms with E-state index in [0.29, 0.717) is 28.6 Å². The highest BCUT2D eigenvalue weighted by Gasteiger charge is 2.12. The van der Waals surface area contributed by atoms with E-state index in [9.17, 15) is 4.79 Å². The number of hydrogen-bond donors (Lipinski definition) is 1. The standard InChI is InChI=1S/C20H32ClNO3/c1-4-5-6-7-8-9-10-11-12-13-20(23)22-17-14-16(21)18(24-2)15-19(17)25-3/h14-15H,4-13H2,1-3H3,(H,22,23). The number of nitrogens with one attached hydrogen (secondary N) is 1. The van der Waals surface area contributed by atoms with Crippen molar-refractivity contribution >= 4 is 23.2 Å². The summed E-state index contributed by atoms with van der Waals surface area (Å²) in [4.78, 5) is 12.1. The Kier molecular flexibility index (Phi) is 11.1. The first-order chi connectivity index (χ1) is 12.1. The number of ether oxygens (including phenoxy) is 2. The van der Waals surface area contributed by atoms with Crippen LogP contribution in [-0.4, -0.2) is 20.1 Å². The number of amides is 1. The van der Waals surface area contributed by atoms with Crippen molar-refractivity contribution in [3.63, 3.8) is 0 Å². The van der Waals surface area contributed by atoms with Gasteiger partial charge in [-0.2, -0.15) is 0 Å². The number of methoxy groups -OCH3 is 2. The number of unbranched alkanes of at least 4 members (excludes halogenated alkanes) is 8. The van der Waals surface area contributed by atoms with E-state index in [1.807, 2.05) is 0 Å². The summed E-state index contributed by atoms with van der Waals surface area (Å²) in [6.07, 6.45) is 11.6. The lowest BCUT2D eigenvalue weighted by atomic mass is 10.1. The van der Waals surface area contributed by atoms with Crippen molar-refractivity contribution in [2.45, 2.75) is 71.1 Å². The zero-order valence-corrected chi connectivity index (χ0v) is 16.6. The zero-order valence-electron chi connectivity index (χ0n) is 15.8. The molecule has 0 saturated carbocycles. The van der Waals surface area contributed by atoms with Gasteiger partial charge in [0.05, 0.1) is 24.9 Å². The molecule has 0 saturated heterocycles. The number of halogens is 1. The van der Waals surface area contributed by atoms with Crippen molar-refractivity contribution in [1.82, 2.24) is 0 Å². The summed E-state index contributed by atoms with van der Waals surface area (Å²) >= 11 is 6.12. The van der Waals surface area contributed by atoms with Gasteiger partial charge in [-0.3, -0.25) is 4.79 Å². The van der Waals surface area contributed by atoms with Gasteiger partial charge in [-0.25, -0.2) is 0 Å². The first kappa shape index (κ1) is 21.6. The van der Waals surface area contributed by atoms with Crippen molar-refractivity contribution in [3.05, 3.63) is 17.2 Å². The second-order valence-electron chi connectivity index (χ2n) is 6.31. The first-order valence-corrected chi connectivity index (χ1v) is 9.71. The van der Waals surface area contributed by atoms with E-state index in [1.165, 1.54) is 44.9 Å². The van der Waals surface area contributed by atoms with Crippen molar-refractivity contribution < 1.29 is 14.3 Å². The fourth-order valence-electron chi connectivity index (χ4n) is 2.77. The maximum Gasteiger partial charge on any atom is 0.224 e. The second-order valence-corrected chi connectivity index (χ2v) is 6.72. The van der Waals surface area contributed by atoms with E-state index in [-0.39, 0.29) is 5.91 Å². The Morgan fingerprint density at radius 1 is 0.920 bits per heavy atom. The largest absolute Gasteiger partial charge is 0.495 e. The molecule has 1 aromatic carbocycles. The van der Waals surface area contributed by atoms with Gasteiger partial charge in [0.1, 0.15) is 11.5 Å². The van der Waals surface area contributed by atoms with E-state index in [1.54, 1.807) is 26.4 Å². The first-order valence-electron chi connectivity index (χ1n) is 9.33. The molecule has 0 atom stereocenters. The van der Waals surface area contributed by atoms with Crippen LogP contribution in [0.15, 0.2) is 12.1 Å². The average Bonchev–Trinajstić information content (AvgIpc) is 2.60. The molecular formula is C20H32ClNO3. The third-order valence-corrected chi connectivity index (χ3v) is 4.55. The SMILES string of the molecule is CCCCCCCCCCCC(=O)Nc1cc(Cl)c(OC)cc1OC. The van der Waals surface area contributed by atoms with E-state index in [0.717, 1.165) is 12.8 Å². The van der Waals surface area contributed by atoms with E-state index >= 15 is 0 Å². The van der Waals surface area contributed by atoms with Gasteiger partial charge in [0.15, 0.2) is 0 Å². The summed E-state index contributed by atoms with van der Waals surface area (Å²) in [6.45, 7) is 2.24. The summed E-state index contributed by atoms with van der Waals surface area (Å²) in [5.41, 5.74) is 0.578. The Balaban J connectivity index is 2.27. The Morgan fingerprint density at radius 3 is 2.04 bits per heavy atom. The van der Waals surface area contributed by atoms with Gasteiger partial charge in [-0.05, 0) is 12.5 Å². The Hall–Kier alpha value is -1.42. The highest BCUT2D eigenvalue weighted by Crippen LogP contribution is 2.35. The molecule has 25 heavy (non-hydrogen) atoms. The van der Waals surface area contributed by atoms with Crippen molar-refractivity contribution in [1.29, 1.82) is 0 Å². The van der Waals surface area contributed by atoms with Gasteiger partial charge in [0.2, 0.25) is 5.91 Å². The summed E-state index contributed by atoms with van der Waals surface area (Å²) < 4.78 is 10.4. The number of hydrogen-bond acceptors (Lipinski definition) is 3. The fourth-order valence-corrected chi connectivity index (χ4v) is 3.01. The molecule has 0 spiro atoms. The molecule has 0 radical (unpaired) electrons. The molecule has 1 amide bonds. The van der Waals surface area contributed by atoms with Gasteiger partial charge in [-0.1, -0.05) is 69.9 Å². The molecule has 1 N–H and O–H groups in total. The molecule has 0 bridgehead atoms. The lowest BCUT2D eigenvalue weighted by Gasteiger charge is -2.13. The minimum atomic E-state index is -0.0116. The molecule has 4 nitrogen and oxygen atoms in total. The van der Waals surface area contributed by atoms with Crippen LogP contribution in [0, 0.1) is 0 Å². The molecule has 5 heteroatoms. The molecule has 0 aliphatic carbocycles. The van der Waals surface area contributed by atoms with Crippen LogP contribution in [0.4, 0.5) is 5.69 Å². The van der Waals surface area contributed by atoms with Gasteiger partial charge >= 0.3 is 0 Å². The maximum atomic E-state index is 12.1. The summed E-state index contributed by atoms with van der Waals surface area (Å²) in [5.74, 6) is 1.06. The van der Waals surface area contributed by atoms with Gasteiger partial charge < -0.3 is 14.8 Å². The predicted molar refractivity (Wildman–Crippen MR) is 105 cm³/mol. The molecule has 1 aromatic rings. The van der Waals surface area contributed by atoms with Crippen LogP contribution < -0.4 is 14.8 Å². The van der Waals surface area contributed by atoms with Gasteiger partial charge in [-0.15, -0.1) is 0 Å². The molecule has 0 fully saturated rings. The molecule has 0 aliphatic heterocycles. The zero-order chi connectivity index (χ0) is 18.5. The van der Waals surface area contributed by atoms with Crippen LogP contribution in [-0.2, 0) is 4.79 Å². The lowest BCUT2D eigenvalue weighted by Crippen LogP contribution is -2.12. The molecular weight excluding hydrogens is 338 g/mol. The van der Waals surface area contributed by atoms with E-state index in [4.69, 9.17) is 21.1 Å². The number of carbonyl (C=O) groups excluding carboxylic acids is 1. The molecule has 1 rings (SSSR count). The quantitative estimate of drug-likeness (QED) is 0.420. The van der Waals surface area contributed by atoms with Crippen molar-refractivity contribution in [2.75, 3.05) is 19.5 Å². The monoisotopic (exact) mass is 369 g/mol. The van der Waals surface area contributed by atoms with Gasteiger partial charge in [0.25, 0.3) is 0 Å². The summed E-state index contributed by atoms with van der Waals surface area (Å²) in [6, 6.07) is 3.34. The maximum absolute atomic E-state index is 12.1.